The Balaban J connectivity index is 1.26. The molecule has 2 aliphatic rings. The maximum Gasteiger partial charge on any atom is 0.240 e. The Morgan fingerprint density at radius 2 is 1.90 bits per heavy atom. The van der Waals surface area contributed by atoms with Crippen LogP contribution in [0.15, 0.2) is 47.6 Å². The molecular formula is C21H28ClN5O2S. The first kappa shape index (κ1) is 21.7. The summed E-state index contributed by atoms with van der Waals surface area (Å²) < 4.78 is 28.1. The highest BCUT2D eigenvalue weighted by molar-refractivity contribution is 7.89. The molecular weight excluding hydrogens is 422 g/mol. The van der Waals surface area contributed by atoms with Crippen molar-refractivity contribution >= 4 is 21.6 Å². The van der Waals surface area contributed by atoms with E-state index in [9.17, 15) is 8.42 Å². The Morgan fingerprint density at radius 1 is 1.17 bits per heavy atom. The lowest BCUT2D eigenvalue weighted by atomic mass is 9.96. The van der Waals surface area contributed by atoms with Gasteiger partial charge >= 0.3 is 0 Å². The van der Waals surface area contributed by atoms with Gasteiger partial charge in [0.1, 0.15) is 0 Å². The van der Waals surface area contributed by atoms with Crippen molar-refractivity contribution in [2.24, 2.45) is 5.92 Å². The average molecular weight is 450 g/mol. The highest BCUT2D eigenvalue weighted by Gasteiger charge is 2.32. The summed E-state index contributed by atoms with van der Waals surface area (Å²) in [6.07, 6.45) is 6.88. The number of nitrogens with one attached hydrogen (secondary N) is 3. The molecule has 9 heteroatoms. The molecule has 2 fully saturated rings. The van der Waals surface area contributed by atoms with Crippen LogP contribution in [0.5, 0.6) is 0 Å². The van der Waals surface area contributed by atoms with Crippen LogP contribution in [-0.2, 0) is 10.0 Å². The topological polar surface area (TPSA) is 86.4 Å². The summed E-state index contributed by atoms with van der Waals surface area (Å²) in [4.78, 5) is 6.83. The largest absolute Gasteiger partial charge is 0.287 e. The molecule has 0 bridgehead atoms. The fourth-order valence-electron chi connectivity index (χ4n) is 4.28. The van der Waals surface area contributed by atoms with E-state index in [0.717, 1.165) is 32.4 Å². The van der Waals surface area contributed by atoms with Gasteiger partial charge in [-0.1, -0.05) is 11.6 Å². The number of sulfonamides is 1. The van der Waals surface area contributed by atoms with Crippen LogP contribution in [0.2, 0.25) is 5.02 Å². The summed E-state index contributed by atoms with van der Waals surface area (Å²) >= 11 is 5.94. The third-order valence-electron chi connectivity index (χ3n) is 6.07. The minimum Gasteiger partial charge on any atom is -0.287 e. The van der Waals surface area contributed by atoms with Crippen molar-refractivity contribution in [1.29, 1.82) is 0 Å². The van der Waals surface area contributed by atoms with Crippen LogP contribution in [0.4, 0.5) is 0 Å². The molecule has 0 aliphatic carbocycles. The smallest absolute Gasteiger partial charge is 0.240 e. The summed E-state index contributed by atoms with van der Waals surface area (Å²) in [6.45, 7) is 4.14. The highest BCUT2D eigenvalue weighted by Crippen LogP contribution is 2.27. The van der Waals surface area contributed by atoms with Crippen LogP contribution in [-0.4, -0.2) is 44.1 Å². The summed E-state index contributed by atoms with van der Waals surface area (Å²) in [5, 5.41) is 0.542. The van der Waals surface area contributed by atoms with E-state index in [4.69, 9.17) is 11.6 Å². The quantitative estimate of drug-likeness (QED) is 0.628. The summed E-state index contributed by atoms with van der Waals surface area (Å²) in [6, 6.07) is 9.23. The second-order valence-corrected chi connectivity index (χ2v) is 10.3. The second-order valence-electron chi connectivity index (χ2n) is 8.11. The molecule has 2 saturated heterocycles. The van der Waals surface area contributed by atoms with Gasteiger partial charge in [-0.2, -0.15) is 0 Å². The standard InChI is InChI=1S/C21H28ClN5O2S/c1-15-12-18(22)2-3-20(15)30(28,29)24-14-16-6-10-27(11-7-16)21-13-19(25-26-21)17-4-8-23-9-5-17/h2-5,8-9,12,16,19,21,24-26H,6-7,10-11,13-14H2,1H3. The number of aryl methyl sites for hydroxylation is 1. The van der Waals surface area contributed by atoms with Crippen molar-refractivity contribution in [2.45, 2.75) is 43.3 Å². The van der Waals surface area contributed by atoms with Crippen molar-refractivity contribution in [1.82, 2.24) is 25.5 Å². The van der Waals surface area contributed by atoms with E-state index >= 15 is 0 Å². The van der Waals surface area contributed by atoms with Crippen molar-refractivity contribution in [3.8, 4) is 0 Å². The molecule has 0 radical (unpaired) electrons. The number of likely N-dealkylation sites (tertiary alicyclic amines) is 1. The second kappa shape index (κ2) is 9.30. The molecule has 2 atom stereocenters. The van der Waals surface area contributed by atoms with E-state index in [-0.39, 0.29) is 12.2 Å². The zero-order chi connectivity index (χ0) is 21.1. The molecule has 3 N–H and O–H groups in total. The average Bonchev–Trinajstić information content (AvgIpc) is 3.23. The zero-order valence-electron chi connectivity index (χ0n) is 17.0. The van der Waals surface area contributed by atoms with Gasteiger partial charge in [0.15, 0.2) is 0 Å². The van der Waals surface area contributed by atoms with E-state index in [1.165, 1.54) is 5.56 Å². The molecule has 3 heterocycles. The fraction of sp³-hybridized carbons (Fsp3) is 0.476. The number of pyridine rings is 1. The molecule has 2 aromatic rings. The SMILES string of the molecule is Cc1cc(Cl)ccc1S(=O)(=O)NCC1CCN(C2CC(c3ccncc3)NN2)CC1. The number of rotatable bonds is 6. The van der Waals surface area contributed by atoms with Gasteiger partial charge in [-0.15, -0.1) is 0 Å². The molecule has 2 unspecified atom stereocenters. The summed E-state index contributed by atoms with van der Waals surface area (Å²) in [5.74, 6) is 0.342. The normalized spacial score (nSPS) is 23.7. The van der Waals surface area contributed by atoms with Crippen molar-refractivity contribution in [2.75, 3.05) is 19.6 Å². The van der Waals surface area contributed by atoms with Crippen LogP contribution < -0.4 is 15.6 Å². The lowest BCUT2D eigenvalue weighted by molar-refractivity contribution is 0.120. The molecule has 1 aromatic heterocycles. The maximum atomic E-state index is 12.7. The number of aromatic nitrogens is 1. The Labute approximate surface area is 183 Å². The number of benzene rings is 1. The fourth-order valence-corrected chi connectivity index (χ4v) is 5.85. The molecule has 0 amide bonds. The van der Waals surface area contributed by atoms with Crippen LogP contribution in [0.25, 0.3) is 0 Å². The van der Waals surface area contributed by atoms with E-state index in [1.807, 2.05) is 24.5 Å². The van der Waals surface area contributed by atoms with Crippen LogP contribution in [0, 0.1) is 12.8 Å². The van der Waals surface area contributed by atoms with Gasteiger partial charge in [0.25, 0.3) is 0 Å². The first-order chi connectivity index (χ1) is 14.4. The number of hydrogen-bond donors (Lipinski definition) is 3. The third kappa shape index (κ3) is 5.01. The molecule has 30 heavy (non-hydrogen) atoms. The maximum absolute atomic E-state index is 12.7. The Bertz CT molecular complexity index is 965. The Morgan fingerprint density at radius 3 is 2.60 bits per heavy atom. The monoisotopic (exact) mass is 449 g/mol. The molecule has 2 aliphatic heterocycles. The van der Waals surface area contributed by atoms with E-state index in [1.54, 1.807) is 25.1 Å². The first-order valence-electron chi connectivity index (χ1n) is 10.3. The molecule has 0 saturated carbocycles. The highest BCUT2D eigenvalue weighted by atomic mass is 35.5. The minimum absolute atomic E-state index is 0.283. The number of hydrazine groups is 1. The summed E-state index contributed by atoms with van der Waals surface area (Å²) in [5.41, 5.74) is 8.69. The third-order valence-corrected chi connectivity index (χ3v) is 7.89. The molecule has 1 aromatic carbocycles. The first-order valence-corrected chi connectivity index (χ1v) is 12.2. The van der Waals surface area contributed by atoms with E-state index in [0.29, 0.717) is 27.9 Å². The summed E-state index contributed by atoms with van der Waals surface area (Å²) in [7, 11) is -3.52. The van der Waals surface area contributed by atoms with Crippen LogP contribution >= 0.6 is 11.6 Å². The van der Waals surface area contributed by atoms with Crippen LogP contribution in [0.3, 0.4) is 0 Å². The Kier molecular flexibility index (Phi) is 6.72. The van der Waals surface area contributed by atoms with Crippen molar-refractivity contribution in [3.63, 3.8) is 0 Å². The van der Waals surface area contributed by atoms with Gasteiger partial charge in [0, 0.05) is 30.0 Å². The lowest BCUT2D eigenvalue weighted by Gasteiger charge is -2.35. The van der Waals surface area contributed by atoms with E-state index < -0.39 is 10.0 Å². The minimum atomic E-state index is -3.52. The lowest BCUT2D eigenvalue weighted by Crippen LogP contribution is -2.49. The van der Waals surface area contributed by atoms with Gasteiger partial charge in [-0.3, -0.25) is 9.88 Å². The van der Waals surface area contributed by atoms with Gasteiger partial charge in [0.2, 0.25) is 10.0 Å². The number of nitrogens with zero attached hydrogens (tertiary/aromatic N) is 2. The van der Waals surface area contributed by atoms with Crippen molar-refractivity contribution < 1.29 is 8.42 Å². The molecule has 0 spiro atoms. The van der Waals surface area contributed by atoms with Gasteiger partial charge in [0.05, 0.1) is 11.1 Å². The zero-order valence-corrected chi connectivity index (χ0v) is 18.6. The number of hydrogen-bond acceptors (Lipinski definition) is 6. The predicted octanol–water partition coefficient (Wildman–Crippen LogP) is 2.60. The molecule has 7 nitrogen and oxygen atoms in total. The Hall–Kier alpha value is -1.55. The van der Waals surface area contributed by atoms with Gasteiger partial charge < -0.3 is 0 Å². The number of piperidine rings is 1. The van der Waals surface area contributed by atoms with Crippen molar-refractivity contribution in [3.05, 3.63) is 58.9 Å². The van der Waals surface area contributed by atoms with Gasteiger partial charge in [-0.05, 0) is 86.7 Å². The number of halogens is 1. The van der Waals surface area contributed by atoms with E-state index in [2.05, 4.69) is 25.5 Å². The predicted molar refractivity (Wildman–Crippen MR) is 117 cm³/mol. The van der Waals surface area contributed by atoms with Crippen LogP contribution in [0.1, 0.15) is 36.4 Å². The molecule has 4 rings (SSSR count). The van der Waals surface area contributed by atoms with Gasteiger partial charge in [-0.25, -0.2) is 24.0 Å². The molecule has 162 valence electrons.